The van der Waals surface area contributed by atoms with Crippen LogP contribution >= 0.6 is 34.7 Å². The van der Waals surface area contributed by atoms with E-state index in [0.29, 0.717) is 22.3 Å². The fourth-order valence-corrected chi connectivity index (χ4v) is 3.92. The lowest BCUT2D eigenvalue weighted by atomic mass is 10.3. The zero-order valence-electron chi connectivity index (χ0n) is 12.2. The second kappa shape index (κ2) is 7.25. The van der Waals surface area contributed by atoms with Crippen molar-refractivity contribution in [1.29, 1.82) is 0 Å². The Balaban J connectivity index is 1.54. The third kappa shape index (κ3) is 4.40. The second-order valence-corrected chi connectivity index (χ2v) is 7.36. The number of thiazole rings is 1. The minimum absolute atomic E-state index is 0.0616. The molecule has 2 heterocycles. The van der Waals surface area contributed by atoms with Gasteiger partial charge < -0.3 is 5.32 Å². The number of hydrogen-bond donors (Lipinski definition) is 1. The van der Waals surface area contributed by atoms with Crippen molar-refractivity contribution in [1.82, 2.24) is 15.0 Å². The lowest BCUT2D eigenvalue weighted by Crippen LogP contribution is -2.11. The second-order valence-electron chi connectivity index (χ2n) is 4.78. The number of halogens is 1. The third-order valence-corrected chi connectivity index (χ3v) is 5.05. The van der Waals surface area contributed by atoms with Crippen LogP contribution in [-0.2, 0) is 4.79 Å². The average Bonchev–Trinajstić information content (AvgIpc) is 2.88. The molecule has 0 aliphatic rings. The first-order valence-corrected chi connectivity index (χ1v) is 9.05. The van der Waals surface area contributed by atoms with Crippen LogP contribution in [-0.4, -0.2) is 26.6 Å². The van der Waals surface area contributed by atoms with E-state index in [2.05, 4.69) is 20.3 Å². The average molecular weight is 365 g/mol. The highest BCUT2D eigenvalue weighted by Gasteiger charge is 2.08. The molecule has 0 saturated heterocycles. The number of hydrogen-bond acceptors (Lipinski definition) is 6. The summed E-state index contributed by atoms with van der Waals surface area (Å²) in [6.45, 7) is 1.91. The monoisotopic (exact) mass is 364 g/mol. The number of nitrogens with one attached hydrogen (secondary N) is 1. The Hall–Kier alpha value is -1.70. The summed E-state index contributed by atoms with van der Waals surface area (Å²) < 4.78 is 0.957. The van der Waals surface area contributed by atoms with Gasteiger partial charge in [-0.2, -0.15) is 0 Å². The van der Waals surface area contributed by atoms with Gasteiger partial charge in [-0.05, 0) is 31.2 Å². The Morgan fingerprint density at radius 3 is 3.04 bits per heavy atom. The molecule has 5 nitrogen and oxygen atoms in total. The van der Waals surface area contributed by atoms with Gasteiger partial charge in [-0.3, -0.25) is 4.79 Å². The van der Waals surface area contributed by atoms with Gasteiger partial charge in [0.2, 0.25) is 5.91 Å². The Labute approximate surface area is 146 Å². The largest absolute Gasteiger partial charge is 0.302 e. The lowest BCUT2D eigenvalue weighted by Gasteiger charge is -2.02. The maximum atomic E-state index is 12.0. The van der Waals surface area contributed by atoms with Crippen LogP contribution in [0.5, 0.6) is 0 Å². The summed E-state index contributed by atoms with van der Waals surface area (Å²) in [5.74, 6) is 0.590. The molecule has 1 N–H and O–H groups in total. The molecule has 0 fully saturated rings. The molecular formula is C15H13ClN4OS2. The summed E-state index contributed by atoms with van der Waals surface area (Å²) >= 11 is 8.90. The van der Waals surface area contributed by atoms with Crippen molar-refractivity contribution >= 4 is 56.0 Å². The number of rotatable bonds is 5. The summed E-state index contributed by atoms with van der Waals surface area (Å²) in [5, 5.41) is 4.96. The molecule has 8 heteroatoms. The molecule has 1 aromatic carbocycles. The Morgan fingerprint density at radius 1 is 1.35 bits per heavy atom. The number of carbonyl (C=O) groups is 1. The van der Waals surface area contributed by atoms with Crippen molar-refractivity contribution in [3.8, 4) is 0 Å². The zero-order valence-corrected chi connectivity index (χ0v) is 14.6. The van der Waals surface area contributed by atoms with E-state index in [1.165, 1.54) is 29.4 Å². The molecule has 0 bridgehead atoms. The first-order chi connectivity index (χ1) is 11.1. The summed E-state index contributed by atoms with van der Waals surface area (Å²) in [6.07, 6.45) is 1.92. The first-order valence-electron chi connectivity index (χ1n) is 6.87. The number of benzene rings is 1. The maximum Gasteiger partial charge on any atom is 0.226 e. The van der Waals surface area contributed by atoms with Crippen molar-refractivity contribution in [2.24, 2.45) is 0 Å². The molecule has 0 unspecified atom stereocenters. The predicted octanol–water partition coefficient (Wildman–Crippen LogP) is 4.17. The number of anilines is 1. The van der Waals surface area contributed by atoms with Crippen LogP contribution in [0.4, 0.5) is 5.13 Å². The molecule has 0 aliphatic carbocycles. The van der Waals surface area contributed by atoms with E-state index < -0.39 is 0 Å². The number of thioether (sulfide) groups is 1. The highest BCUT2D eigenvalue weighted by atomic mass is 35.5. The SMILES string of the molecule is Cc1cc(SCCC(=O)Nc2nc3ccc(Cl)cc3s2)ncn1. The van der Waals surface area contributed by atoms with Crippen LogP contribution < -0.4 is 5.32 Å². The summed E-state index contributed by atoms with van der Waals surface area (Å²) in [5.41, 5.74) is 1.75. The molecule has 3 aromatic rings. The van der Waals surface area contributed by atoms with Gasteiger partial charge in [0.15, 0.2) is 5.13 Å². The van der Waals surface area contributed by atoms with Crippen LogP contribution in [0.3, 0.4) is 0 Å². The molecule has 3 rings (SSSR count). The number of fused-ring (bicyclic) bond motifs is 1. The smallest absolute Gasteiger partial charge is 0.226 e. The Bertz CT molecular complexity index is 852. The van der Waals surface area contributed by atoms with Crippen molar-refractivity contribution in [2.75, 3.05) is 11.1 Å². The zero-order chi connectivity index (χ0) is 16.2. The summed E-state index contributed by atoms with van der Waals surface area (Å²) in [7, 11) is 0. The van der Waals surface area contributed by atoms with E-state index in [1.54, 1.807) is 6.07 Å². The van der Waals surface area contributed by atoms with Gasteiger partial charge >= 0.3 is 0 Å². The summed E-state index contributed by atoms with van der Waals surface area (Å²) in [4.78, 5) is 24.6. The van der Waals surface area contributed by atoms with Gasteiger partial charge in [0.25, 0.3) is 0 Å². The van der Waals surface area contributed by atoms with Gasteiger partial charge in [-0.1, -0.05) is 22.9 Å². The van der Waals surface area contributed by atoms with E-state index in [0.717, 1.165) is 20.9 Å². The number of carbonyl (C=O) groups excluding carboxylic acids is 1. The Kier molecular flexibility index (Phi) is 5.09. The van der Waals surface area contributed by atoms with Crippen molar-refractivity contribution < 1.29 is 4.79 Å². The topological polar surface area (TPSA) is 67.8 Å². The third-order valence-electron chi connectivity index (χ3n) is 2.95. The molecule has 0 atom stereocenters. The van der Waals surface area contributed by atoms with Crippen LogP contribution in [0.25, 0.3) is 10.2 Å². The van der Waals surface area contributed by atoms with Gasteiger partial charge in [-0.25, -0.2) is 15.0 Å². The lowest BCUT2D eigenvalue weighted by molar-refractivity contribution is -0.115. The molecule has 1 amide bonds. The quantitative estimate of drug-likeness (QED) is 0.543. The molecule has 0 aliphatic heterocycles. The fraction of sp³-hybridized carbons (Fsp3) is 0.200. The number of aryl methyl sites for hydroxylation is 1. The molecule has 0 spiro atoms. The van der Waals surface area contributed by atoms with E-state index in [9.17, 15) is 4.79 Å². The minimum atomic E-state index is -0.0616. The van der Waals surface area contributed by atoms with E-state index in [4.69, 9.17) is 11.6 Å². The molecule has 118 valence electrons. The molecular weight excluding hydrogens is 352 g/mol. The summed E-state index contributed by atoms with van der Waals surface area (Å²) in [6, 6.07) is 7.38. The van der Waals surface area contributed by atoms with Crippen LogP contribution in [0.1, 0.15) is 12.1 Å². The van der Waals surface area contributed by atoms with Crippen LogP contribution in [0, 0.1) is 6.92 Å². The first kappa shape index (κ1) is 16.2. The van der Waals surface area contributed by atoms with Crippen LogP contribution in [0.2, 0.25) is 5.02 Å². The van der Waals surface area contributed by atoms with Crippen LogP contribution in [0.15, 0.2) is 35.6 Å². The predicted molar refractivity (Wildman–Crippen MR) is 95.4 cm³/mol. The van der Waals surface area contributed by atoms with Gasteiger partial charge in [0, 0.05) is 22.9 Å². The van der Waals surface area contributed by atoms with Gasteiger partial charge in [0.05, 0.1) is 15.2 Å². The van der Waals surface area contributed by atoms with E-state index >= 15 is 0 Å². The van der Waals surface area contributed by atoms with Gasteiger partial charge in [0.1, 0.15) is 6.33 Å². The fourth-order valence-electron chi connectivity index (χ4n) is 1.89. The molecule has 2 aromatic heterocycles. The van der Waals surface area contributed by atoms with E-state index in [-0.39, 0.29) is 5.91 Å². The van der Waals surface area contributed by atoms with Crippen molar-refractivity contribution in [2.45, 2.75) is 18.4 Å². The molecule has 23 heavy (non-hydrogen) atoms. The standard InChI is InChI=1S/C15H13ClN4OS2/c1-9-6-14(18-8-17-9)22-5-4-13(21)20-15-19-11-3-2-10(16)7-12(11)23-15/h2-3,6-8H,4-5H2,1H3,(H,19,20,21). The number of aromatic nitrogens is 3. The van der Waals surface area contributed by atoms with E-state index in [1.807, 2.05) is 25.1 Å². The Morgan fingerprint density at radius 2 is 2.22 bits per heavy atom. The van der Waals surface area contributed by atoms with Gasteiger partial charge in [-0.15, -0.1) is 11.8 Å². The van der Waals surface area contributed by atoms with Crippen molar-refractivity contribution in [3.63, 3.8) is 0 Å². The highest BCUT2D eigenvalue weighted by molar-refractivity contribution is 7.99. The normalized spacial score (nSPS) is 10.9. The molecule has 0 radical (unpaired) electrons. The van der Waals surface area contributed by atoms with Crippen molar-refractivity contribution in [3.05, 3.63) is 41.3 Å². The number of nitrogens with zero attached hydrogens (tertiary/aromatic N) is 3. The maximum absolute atomic E-state index is 12.0. The number of amides is 1. The molecule has 0 saturated carbocycles. The highest BCUT2D eigenvalue weighted by Crippen LogP contribution is 2.28. The minimum Gasteiger partial charge on any atom is -0.302 e.